The number of likely N-dealkylation sites (tertiary alicyclic amines) is 1. The molecule has 1 aromatic carbocycles. The zero-order chi connectivity index (χ0) is 17.3. The van der Waals surface area contributed by atoms with Crippen molar-refractivity contribution in [1.82, 2.24) is 25.0 Å². The third-order valence-corrected chi connectivity index (χ3v) is 4.67. The van der Waals surface area contributed by atoms with Crippen LogP contribution in [0.1, 0.15) is 48.0 Å². The zero-order valence-corrected chi connectivity index (χ0v) is 14.7. The molecule has 6 heteroatoms. The number of carbonyl (C=O) groups is 1. The number of rotatable bonds is 7. The highest BCUT2D eigenvalue weighted by Gasteiger charge is 2.10. The third kappa shape index (κ3) is 5.67. The first-order chi connectivity index (χ1) is 12.3. The first kappa shape index (κ1) is 17.6. The van der Waals surface area contributed by atoms with Crippen molar-refractivity contribution >= 4 is 5.91 Å². The van der Waals surface area contributed by atoms with Gasteiger partial charge in [-0.2, -0.15) is 0 Å². The van der Waals surface area contributed by atoms with Gasteiger partial charge in [0.1, 0.15) is 12.7 Å². The summed E-state index contributed by atoms with van der Waals surface area (Å²) in [4.78, 5) is 14.7. The Labute approximate surface area is 149 Å². The minimum atomic E-state index is -0.00919. The highest BCUT2D eigenvalue weighted by Crippen LogP contribution is 2.14. The van der Waals surface area contributed by atoms with Crippen LogP contribution >= 0.6 is 0 Å². The fraction of sp³-hybridized carbons (Fsp3) is 0.526. The van der Waals surface area contributed by atoms with E-state index < -0.39 is 0 Å². The Morgan fingerprint density at radius 3 is 2.36 bits per heavy atom. The monoisotopic (exact) mass is 341 g/mol. The molecule has 134 valence electrons. The number of aryl methyl sites for hydroxylation is 1. The normalized spacial score (nSPS) is 15.7. The molecule has 0 saturated carbocycles. The van der Waals surface area contributed by atoms with Gasteiger partial charge in [0.15, 0.2) is 0 Å². The van der Waals surface area contributed by atoms with Crippen molar-refractivity contribution in [3.8, 4) is 0 Å². The van der Waals surface area contributed by atoms with Crippen LogP contribution in [0.15, 0.2) is 36.9 Å². The van der Waals surface area contributed by atoms with Crippen LogP contribution in [0.3, 0.4) is 0 Å². The van der Waals surface area contributed by atoms with Gasteiger partial charge in [0.05, 0.1) is 0 Å². The summed E-state index contributed by atoms with van der Waals surface area (Å²) in [5, 5.41) is 10.5. The molecule has 0 aliphatic carbocycles. The minimum absolute atomic E-state index is 0.00919. The molecule has 6 nitrogen and oxygen atoms in total. The smallest absolute Gasteiger partial charge is 0.251 e. The van der Waals surface area contributed by atoms with Crippen LogP contribution in [0.2, 0.25) is 0 Å². The van der Waals surface area contributed by atoms with Gasteiger partial charge in [-0.3, -0.25) is 9.69 Å². The summed E-state index contributed by atoms with van der Waals surface area (Å²) in [5.41, 5.74) is 2.01. The lowest BCUT2D eigenvalue weighted by Gasteiger charge is -2.19. The molecule has 25 heavy (non-hydrogen) atoms. The SMILES string of the molecule is O=C(NCCCn1cnnc1)c1ccc(CN2CCCCCC2)cc1. The van der Waals surface area contributed by atoms with Crippen LogP contribution in [-0.4, -0.2) is 45.2 Å². The molecule has 3 rings (SSSR count). The molecule has 0 spiro atoms. The number of amides is 1. The minimum Gasteiger partial charge on any atom is -0.352 e. The molecule has 1 N–H and O–H groups in total. The summed E-state index contributed by atoms with van der Waals surface area (Å²) in [5.74, 6) is -0.00919. The Morgan fingerprint density at radius 2 is 1.68 bits per heavy atom. The Hall–Kier alpha value is -2.21. The Morgan fingerprint density at radius 1 is 1.00 bits per heavy atom. The van der Waals surface area contributed by atoms with Crippen LogP contribution in [0.5, 0.6) is 0 Å². The maximum Gasteiger partial charge on any atom is 0.251 e. The summed E-state index contributed by atoms with van der Waals surface area (Å²) in [6, 6.07) is 8.03. The number of nitrogens with zero attached hydrogens (tertiary/aromatic N) is 4. The lowest BCUT2D eigenvalue weighted by atomic mass is 10.1. The molecule has 1 aliphatic heterocycles. The fourth-order valence-corrected chi connectivity index (χ4v) is 3.22. The number of aromatic nitrogens is 3. The maximum atomic E-state index is 12.2. The van der Waals surface area contributed by atoms with Crippen molar-refractivity contribution in [2.75, 3.05) is 19.6 Å². The summed E-state index contributed by atoms with van der Waals surface area (Å²) >= 11 is 0. The lowest BCUT2D eigenvalue weighted by molar-refractivity contribution is 0.0952. The van der Waals surface area contributed by atoms with Gasteiger partial charge in [-0.05, 0) is 50.0 Å². The van der Waals surface area contributed by atoms with E-state index in [9.17, 15) is 4.79 Å². The van der Waals surface area contributed by atoms with Crippen LogP contribution < -0.4 is 5.32 Å². The van der Waals surface area contributed by atoms with E-state index in [1.165, 1.54) is 44.3 Å². The maximum absolute atomic E-state index is 12.2. The van der Waals surface area contributed by atoms with Crippen molar-refractivity contribution in [3.63, 3.8) is 0 Å². The van der Waals surface area contributed by atoms with E-state index in [0.29, 0.717) is 6.54 Å². The fourth-order valence-electron chi connectivity index (χ4n) is 3.22. The molecule has 2 aromatic rings. The highest BCUT2D eigenvalue weighted by atomic mass is 16.1. The highest BCUT2D eigenvalue weighted by molar-refractivity contribution is 5.94. The van der Waals surface area contributed by atoms with Crippen molar-refractivity contribution in [2.45, 2.75) is 45.2 Å². The molecular formula is C19H27N5O. The summed E-state index contributed by atoms with van der Waals surface area (Å²) in [6.45, 7) is 4.82. The molecule has 1 fully saturated rings. The lowest BCUT2D eigenvalue weighted by Crippen LogP contribution is -2.25. The molecule has 0 radical (unpaired) electrons. The molecule has 0 atom stereocenters. The number of hydrogen-bond donors (Lipinski definition) is 1. The van der Waals surface area contributed by atoms with E-state index in [-0.39, 0.29) is 5.91 Å². The average Bonchev–Trinajstić information content (AvgIpc) is 3.02. The topological polar surface area (TPSA) is 63.1 Å². The number of carbonyl (C=O) groups excluding carboxylic acids is 1. The molecule has 1 amide bonds. The molecule has 1 aromatic heterocycles. The second-order valence-electron chi connectivity index (χ2n) is 6.70. The van der Waals surface area contributed by atoms with Gasteiger partial charge in [-0.25, -0.2) is 0 Å². The van der Waals surface area contributed by atoms with E-state index >= 15 is 0 Å². The Kier molecular flexibility index (Phi) is 6.56. The van der Waals surface area contributed by atoms with Crippen LogP contribution in [0.25, 0.3) is 0 Å². The number of hydrogen-bond acceptors (Lipinski definition) is 4. The van der Waals surface area contributed by atoms with Gasteiger partial charge < -0.3 is 9.88 Å². The Bertz CT molecular complexity index is 630. The number of benzene rings is 1. The molecule has 1 aliphatic rings. The van der Waals surface area contributed by atoms with E-state index in [0.717, 1.165) is 25.1 Å². The van der Waals surface area contributed by atoms with E-state index in [4.69, 9.17) is 0 Å². The third-order valence-electron chi connectivity index (χ3n) is 4.67. The van der Waals surface area contributed by atoms with E-state index in [2.05, 4.69) is 32.5 Å². The van der Waals surface area contributed by atoms with Crippen molar-refractivity contribution in [3.05, 3.63) is 48.0 Å². The van der Waals surface area contributed by atoms with E-state index in [1.54, 1.807) is 12.7 Å². The standard InChI is InChI=1S/C19H27N5O/c25-19(20-10-5-13-24-15-21-22-16-24)18-8-6-17(7-9-18)14-23-11-3-1-2-4-12-23/h6-9,15-16H,1-5,10-14H2,(H,20,25). The summed E-state index contributed by atoms with van der Waals surface area (Å²) in [7, 11) is 0. The molecule has 0 bridgehead atoms. The first-order valence-corrected chi connectivity index (χ1v) is 9.23. The second kappa shape index (κ2) is 9.32. The molecule has 0 unspecified atom stereocenters. The van der Waals surface area contributed by atoms with Gasteiger partial charge in [0, 0.05) is 25.2 Å². The quantitative estimate of drug-likeness (QED) is 0.786. The van der Waals surface area contributed by atoms with Crippen molar-refractivity contribution in [1.29, 1.82) is 0 Å². The van der Waals surface area contributed by atoms with Gasteiger partial charge >= 0.3 is 0 Å². The summed E-state index contributed by atoms with van der Waals surface area (Å²) in [6.07, 6.45) is 9.54. The molecule has 2 heterocycles. The van der Waals surface area contributed by atoms with Crippen LogP contribution in [0, 0.1) is 0 Å². The predicted octanol–water partition coefficient (Wildman–Crippen LogP) is 2.47. The van der Waals surface area contributed by atoms with Gasteiger partial charge in [-0.15, -0.1) is 10.2 Å². The molecule has 1 saturated heterocycles. The van der Waals surface area contributed by atoms with Gasteiger partial charge in [0.2, 0.25) is 0 Å². The van der Waals surface area contributed by atoms with Crippen LogP contribution in [0.4, 0.5) is 0 Å². The second-order valence-corrected chi connectivity index (χ2v) is 6.70. The van der Waals surface area contributed by atoms with Gasteiger partial charge in [-0.1, -0.05) is 25.0 Å². The average molecular weight is 341 g/mol. The van der Waals surface area contributed by atoms with Crippen LogP contribution in [-0.2, 0) is 13.1 Å². The molecular weight excluding hydrogens is 314 g/mol. The van der Waals surface area contributed by atoms with Gasteiger partial charge in [0.25, 0.3) is 5.91 Å². The van der Waals surface area contributed by atoms with E-state index in [1.807, 2.05) is 16.7 Å². The van der Waals surface area contributed by atoms with Crippen molar-refractivity contribution < 1.29 is 4.79 Å². The van der Waals surface area contributed by atoms with Crippen molar-refractivity contribution in [2.24, 2.45) is 0 Å². The Balaban J connectivity index is 1.42. The largest absolute Gasteiger partial charge is 0.352 e. The predicted molar refractivity (Wildman–Crippen MR) is 97.2 cm³/mol. The summed E-state index contributed by atoms with van der Waals surface area (Å²) < 4.78 is 1.91. The zero-order valence-electron chi connectivity index (χ0n) is 14.7. The first-order valence-electron chi connectivity index (χ1n) is 9.23. The number of nitrogens with one attached hydrogen (secondary N) is 1.